The van der Waals surface area contributed by atoms with Gasteiger partial charge in [0.25, 0.3) is 0 Å². The number of pyridine rings is 1. The highest BCUT2D eigenvalue weighted by molar-refractivity contribution is 8.00. The second-order valence-electron chi connectivity index (χ2n) is 5.65. The highest BCUT2D eigenvalue weighted by atomic mass is 32.2. The molecule has 0 saturated carbocycles. The van der Waals surface area contributed by atoms with Gasteiger partial charge in [0.15, 0.2) is 0 Å². The van der Waals surface area contributed by atoms with Gasteiger partial charge in [0, 0.05) is 34.6 Å². The summed E-state index contributed by atoms with van der Waals surface area (Å²) in [5, 5.41) is 14.4. The molecule has 0 aliphatic carbocycles. The topological polar surface area (TPSA) is 100 Å². The number of carbonyl (C=O) groups is 1. The van der Waals surface area contributed by atoms with Crippen molar-refractivity contribution in [3.8, 4) is 11.3 Å². The van der Waals surface area contributed by atoms with Crippen LogP contribution in [0.3, 0.4) is 0 Å². The first kappa shape index (κ1) is 20.4. The fraction of sp³-hybridized carbons (Fsp3) is 0.111. The van der Waals surface area contributed by atoms with Gasteiger partial charge in [-0.1, -0.05) is 6.07 Å². The Labute approximate surface area is 167 Å². The van der Waals surface area contributed by atoms with Crippen molar-refractivity contribution in [2.24, 2.45) is 0 Å². The lowest BCUT2D eigenvalue weighted by Gasteiger charge is -2.12. The molecule has 0 bridgehead atoms. The first-order valence-electron chi connectivity index (χ1n) is 8.16. The number of alkyl halides is 3. The maximum absolute atomic E-state index is 12.6. The van der Waals surface area contributed by atoms with E-state index in [1.807, 2.05) is 0 Å². The van der Waals surface area contributed by atoms with E-state index in [9.17, 15) is 18.0 Å². The van der Waals surface area contributed by atoms with E-state index in [2.05, 4.69) is 25.6 Å². The van der Waals surface area contributed by atoms with Crippen LogP contribution in [0.25, 0.3) is 11.3 Å². The quantitative estimate of drug-likeness (QED) is 0.483. The van der Waals surface area contributed by atoms with Gasteiger partial charge in [0.1, 0.15) is 12.4 Å². The number of nitrogens with zero attached hydrogens (tertiary/aromatic N) is 3. The summed E-state index contributed by atoms with van der Waals surface area (Å²) >= 11 is -0.219. The number of thioether (sulfide) groups is 1. The molecular formula is C18H14F3N5O2S. The van der Waals surface area contributed by atoms with Crippen LogP contribution in [-0.4, -0.2) is 38.1 Å². The lowest BCUT2D eigenvalue weighted by Crippen LogP contribution is -2.15. The van der Waals surface area contributed by atoms with Crippen molar-refractivity contribution in [2.45, 2.75) is 10.4 Å². The van der Waals surface area contributed by atoms with E-state index in [4.69, 9.17) is 5.11 Å². The van der Waals surface area contributed by atoms with E-state index in [0.29, 0.717) is 16.9 Å². The van der Waals surface area contributed by atoms with Gasteiger partial charge >= 0.3 is 11.5 Å². The van der Waals surface area contributed by atoms with Gasteiger partial charge in [-0.15, -0.1) is 0 Å². The molecule has 2 heterocycles. The standard InChI is InChI=1S/C18H14F3N5O2S/c19-18(20,21)29-13-5-1-4-12(7-13)24-15-8-14(11-3-2-6-22-9-11)25-17(26-15)23-10-16(27)28/h1-9H,10H2,(H,27,28)(H2,23,24,25,26). The molecule has 0 atom stereocenters. The van der Waals surface area contributed by atoms with Crippen LogP contribution in [0.2, 0.25) is 0 Å². The van der Waals surface area contributed by atoms with E-state index in [1.165, 1.54) is 18.2 Å². The molecule has 1 aromatic carbocycles. The number of carboxylic acids is 1. The van der Waals surface area contributed by atoms with Crippen LogP contribution in [-0.2, 0) is 4.79 Å². The second kappa shape index (κ2) is 8.78. The molecule has 0 aliphatic rings. The molecule has 0 saturated heterocycles. The van der Waals surface area contributed by atoms with Crippen molar-refractivity contribution in [1.29, 1.82) is 0 Å². The Kier molecular flexibility index (Phi) is 6.17. The Morgan fingerprint density at radius 1 is 1.14 bits per heavy atom. The van der Waals surface area contributed by atoms with Crippen molar-refractivity contribution in [3.63, 3.8) is 0 Å². The molecule has 0 amide bonds. The summed E-state index contributed by atoms with van der Waals surface area (Å²) in [6.07, 6.45) is 3.17. The van der Waals surface area contributed by atoms with E-state index < -0.39 is 18.0 Å². The summed E-state index contributed by atoms with van der Waals surface area (Å²) in [5.74, 6) is -0.759. The number of hydrogen-bond donors (Lipinski definition) is 3. The number of hydrogen-bond acceptors (Lipinski definition) is 7. The van der Waals surface area contributed by atoms with Crippen LogP contribution in [0.15, 0.2) is 59.8 Å². The zero-order chi connectivity index (χ0) is 20.9. The SMILES string of the molecule is O=C(O)CNc1nc(Nc2cccc(SC(F)(F)F)c2)cc(-c2cccnc2)n1. The van der Waals surface area contributed by atoms with Gasteiger partial charge in [-0.25, -0.2) is 4.98 Å². The first-order valence-corrected chi connectivity index (χ1v) is 8.98. The first-order chi connectivity index (χ1) is 13.8. The Balaban J connectivity index is 1.90. The number of nitrogens with one attached hydrogen (secondary N) is 2. The number of aliphatic carboxylic acids is 1. The number of aromatic nitrogens is 3. The lowest BCUT2D eigenvalue weighted by molar-refractivity contribution is -0.134. The van der Waals surface area contributed by atoms with Gasteiger partial charge in [0.2, 0.25) is 5.95 Å². The summed E-state index contributed by atoms with van der Waals surface area (Å²) in [7, 11) is 0. The number of anilines is 3. The van der Waals surface area contributed by atoms with Crippen LogP contribution < -0.4 is 10.6 Å². The normalized spacial score (nSPS) is 11.1. The van der Waals surface area contributed by atoms with E-state index in [0.717, 1.165) is 0 Å². The van der Waals surface area contributed by atoms with Crippen molar-refractivity contribution in [2.75, 3.05) is 17.2 Å². The molecule has 0 radical (unpaired) electrons. The third kappa shape index (κ3) is 6.35. The smallest absolute Gasteiger partial charge is 0.446 e. The zero-order valence-corrected chi connectivity index (χ0v) is 15.5. The number of carboxylic acid groups (broad SMARTS) is 1. The minimum atomic E-state index is -4.39. The number of rotatable bonds is 7. The average molecular weight is 421 g/mol. The Hall–Kier alpha value is -3.34. The van der Waals surface area contributed by atoms with Crippen LogP contribution in [0.5, 0.6) is 0 Å². The second-order valence-corrected chi connectivity index (χ2v) is 6.79. The molecule has 150 valence electrons. The van der Waals surface area contributed by atoms with Gasteiger partial charge < -0.3 is 15.7 Å². The van der Waals surface area contributed by atoms with E-state index in [-0.39, 0.29) is 28.4 Å². The van der Waals surface area contributed by atoms with Gasteiger partial charge in [-0.3, -0.25) is 9.78 Å². The fourth-order valence-electron chi connectivity index (χ4n) is 2.33. The largest absolute Gasteiger partial charge is 0.480 e. The van der Waals surface area contributed by atoms with Gasteiger partial charge in [-0.2, -0.15) is 18.2 Å². The van der Waals surface area contributed by atoms with E-state index in [1.54, 1.807) is 36.7 Å². The highest BCUT2D eigenvalue weighted by Crippen LogP contribution is 2.37. The molecule has 29 heavy (non-hydrogen) atoms. The van der Waals surface area contributed by atoms with Crippen LogP contribution in [0, 0.1) is 0 Å². The average Bonchev–Trinajstić information content (AvgIpc) is 2.66. The maximum atomic E-state index is 12.6. The van der Waals surface area contributed by atoms with Crippen molar-refractivity contribution >= 4 is 35.2 Å². The molecule has 3 rings (SSSR count). The van der Waals surface area contributed by atoms with Crippen LogP contribution in [0.4, 0.5) is 30.6 Å². The molecule has 0 unspecified atom stereocenters. The predicted octanol–water partition coefficient (Wildman–Crippen LogP) is 4.39. The molecule has 3 aromatic rings. The predicted molar refractivity (Wildman–Crippen MR) is 103 cm³/mol. The molecule has 0 spiro atoms. The maximum Gasteiger partial charge on any atom is 0.446 e. The summed E-state index contributed by atoms with van der Waals surface area (Å²) in [6.45, 7) is -0.395. The Morgan fingerprint density at radius 3 is 2.66 bits per heavy atom. The Morgan fingerprint density at radius 2 is 1.97 bits per heavy atom. The minimum Gasteiger partial charge on any atom is -0.480 e. The molecule has 0 fully saturated rings. The molecule has 2 aromatic heterocycles. The third-order valence-electron chi connectivity index (χ3n) is 3.42. The fourth-order valence-corrected chi connectivity index (χ4v) is 2.93. The van der Waals surface area contributed by atoms with Crippen LogP contribution in [0.1, 0.15) is 0 Å². The zero-order valence-electron chi connectivity index (χ0n) is 14.6. The van der Waals surface area contributed by atoms with Gasteiger partial charge in [0.05, 0.1) is 5.69 Å². The highest BCUT2D eigenvalue weighted by Gasteiger charge is 2.29. The summed E-state index contributed by atoms with van der Waals surface area (Å²) in [5.41, 5.74) is -2.88. The molecule has 0 aliphatic heterocycles. The molecule has 3 N–H and O–H groups in total. The Bertz CT molecular complexity index is 1000. The van der Waals surface area contributed by atoms with Crippen molar-refractivity contribution in [3.05, 3.63) is 54.9 Å². The molecule has 7 nitrogen and oxygen atoms in total. The molecular weight excluding hydrogens is 407 g/mol. The number of benzene rings is 1. The van der Waals surface area contributed by atoms with E-state index >= 15 is 0 Å². The summed E-state index contributed by atoms with van der Waals surface area (Å²) in [4.78, 5) is 23.3. The summed E-state index contributed by atoms with van der Waals surface area (Å²) < 4.78 is 37.8. The van der Waals surface area contributed by atoms with Gasteiger partial charge in [-0.05, 0) is 42.1 Å². The number of halogens is 3. The molecule has 11 heteroatoms. The van der Waals surface area contributed by atoms with Crippen molar-refractivity contribution < 1.29 is 23.1 Å². The summed E-state index contributed by atoms with van der Waals surface area (Å²) in [6, 6.07) is 10.8. The van der Waals surface area contributed by atoms with Crippen molar-refractivity contribution in [1.82, 2.24) is 15.0 Å². The minimum absolute atomic E-state index is 0.0215. The van der Waals surface area contributed by atoms with Crippen LogP contribution >= 0.6 is 11.8 Å². The monoisotopic (exact) mass is 421 g/mol. The third-order valence-corrected chi connectivity index (χ3v) is 4.14. The lowest BCUT2D eigenvalue weighted by atomic mass is 10.2.